The van der Waals surface area contributed by atoms with E-state index in [9.17, 15) is 9.00 Å². The van der Waals surface area contributed by atoms with Crippen LogP contribution in [0.5, 0.6) is 0 Å². The van der Waals surface area contributed by atoms with Crippen LogP contribution >= 0.6 is 0 Å². The molecule has 0 fully saturated rings. The minimum atomic E-state index is -0.921. The van der Waals surface area contributed by atoms with Gasteiger partial charge in [-0.05, 0) is 32.6 Å². The van der Waals surface area contributed by atoms with Gasteiger partial charge in [0, 0.05) is 47.4 Å². The highest BCUT2D eigenvalue weighted by Gasteiger charge is 2.12. The molecule has 0 aromatic carbocycles. The van der Waals surface area contributed by atoms with Gasteiger partial charge in [-0.25, -0.2) is 0 Å². The summed E-state index contributed by atoms with van der Waals surface area (Å²) in [5.74, 6) is 1.06. The SMILES string of the molecule is CC(C)(C)CCNC(=O)CCS(=O)CCNC(C)(C)C. The molecule has 0 aromatic rings. The van der Waals surface area contributed by atoms with Crippen molar-refractivity contribution in [2.24, 2.45) is 5.41 Å². The van der Waals surface area contributed by atoms with Crippen molar-refractivity contribution in [1.29, 1.82) is 0 Å². The van der Waals surface area contributed by atoms with Crippen molar-refractivity contribution in [3.63, 3.8) is 0 Å². The Morgan fingerprint density at radius 2 is 1.60 bits per heavy atom. The molecule has 0 aliphatic carbocycles. The topological polar surface area (TPSA) is 58.2 Å². The lowest BCUT2D eigenvalue weighted by Gasteiger charge is -2.20. The van der Waals surface area contributed by atoms with Crippen LogP contribution in [0.25, 0.3) is 0 Å². The quantitative estimate of drug-likeness (QED) is 0.722. The van der Waals surface area contributed by atoms with E-state index in [1.165, 1.54) is 0 Å². The Morgan fingerprint density at radius 3 is 2.10 bits per heavy atom. The molecule has 1 amide bonds. The molecule has 120 valence electrons. The lowest BCUT2D eigenvalue weighted by atomic mass is 9.92. The fourth-order valence-corrected chi connectivity index (χ4v) is 2.46. The van der Waals surface area contributed by atoms with E-state index < -0.39 is 10.8 Å². The van der Waals surface area contributed by atoms with E-state index in [0.717, 1.165) is 13.0 Å². The van der Waals surface area contributed by atoms with E-state index in [0.29, 0.717) is 24.5 Å². The second-order valence-corrected chi connectivity index (χ2v) is 9.13. The summed E-state index contributed by atoms with van der Waals surface area (Å²) in [6.07, 6.45) is 1.31. The molecule has 0 radical (unpaired) electrons. The third-order valence-corrected chi connectivity index (χ3v) is 4.06. The molecule has 1 atom stereocenters. The average molecular weight is 305 g/mol. The fraction of sp³-hybridized carbons (Fsp3) is 0.933. The number of carbonyl (C=O) groups is 1. The van der Waals surface area contributed by atoms with Gasteiger partial charge in [-0.2, -0.15) is 0 Å². The standard InChI is InChI=1S/C15H32N2O2S/c1-14(2,3)8-9-16-13(18)7-11-20(19)12-10-17-15(4,5)6/h17H,7-12H2,1-6H3,(H,16,18). The molecule has 0 aromatic heterocycles. The lowest BCUT2D eigenvalue weighted by Crippen LogP contribution is -2.38. The molecule has 4 nitrogen and oxygen atoms in total. The van der Waals surface area contributed by atoms with Crippen molar-refractivity contribution >= 4 is 16.7 Å². The van der Waals surface area contributed by atoms with Crippen LogP contribution in [-0.4, -0.2) is 40.3 Å². The summed E-state index contributed by atoms with van der Waals surface area (Å²) >= 11 is 0. The highest BCUT2D eigenvalue weighted by Crippen LogP contribution is 2.16. The Balaban J connectivity index is 3.66. The third kappa shape index (κ3) is 14.0. The van der Waals surface area contributed by atoms with Crippen molar-refractivity contribution in [2.75, 3.05) is 24.6 Å². The summed E-state index contributed by atoms with van der Waals surface area (Å²) in [4.78, 5) is 11.6. The normalized spacial score (nSPS) is 14.1. The molecule has 0 aliphatic rings. The summed E-state index contributed by atoms with van der Waals surface area (Å²) in [7, 11) is -0.921. The second-order valence-electron chi connectivity index (χ2n) is 7.44. The van der Waals surface area contributed by atoms with Crippen molar-refractivity contribution < 1.29 is 9.00 Å². The summed E-state index contributed by atoms with van der Waals surface area (Å²) in [6.45, 7) is 14.1. The highest BCUT2D eigenvalue weighted by atomic mass is 32.2. The second kappa shape index (κ2) is 8.78. The van der Waals surface area contributed by atoms with E-state index in [1.54, 1.807) is 0 Å². The molecule has 20 heavy (non-hydrogen) atoms. The van der Waals surface area contributed by atoms with Gasteiger partial charge < -0.3 is 10.6 Å². The maximum atomic E-state index is 11.8. The van der Waals surface area contributed by atoms with Crippen LogP contribution in [0.2, 0.25) is 0 Å². The molecule has 1 unspecified atom stereocenters. The van der Waals surface area contributed by atoms with E-state index in [-0.39, 0.29) is 16.9 Å². The number of hydrogen-bond acceptors (Lipinski definition) is 3. The first-order chi connectivity index (χ1) is 8.99. The van der Waals surface area contributed by atoms with Crippen molar-refractivity contribution in [2.45, 2.75) is 59.9 Å². The van der Waals surface area contributed by atoms with E-state index in [2.05, 4.69) is 52.2 Å². The van der Waals surface area contributed by atoms with Crippen LogP contribution < -0.4 is 10.6 Å². The van der Waals surface area contributed by atoms with Gasteiger partial charge in [-0.3, -0.25) is 9.00 Å². The molecule has 0 bridgehead atoms. The molecule has 5 heteroatoms. The smallest absolute Gasteiger partial charge is 0.220 e. The van der Waals surface area contributed by atoms with Gasteiger partial charge in [0.25, 0.3) is 0 Å². The molecule has 0 rings (SSSR count). The van der Waals surface area contributed by atoms with Crippen molar-refractivity contribution in [3.8, 4) is 0 Å². The van der Waals surface area contributed by atoms with Gasteiger partial charge in [0.15, 0.2) is 0 Å². The molecular formula is C15H32N2O2S. The van der Waals surface area contributed by atoms with Gasteiger partial charge in [0.1, 0.15) is 0 Å². The molecule has 0 heterocycles. The summed E-state index contributed by atoms with van der Waals surface area (Å²) in [5, 5.41) is 6.18. The van der Waals surface area contributed by atoms with Crippen LogP contribution in [0, 0.1) is 5.41 Å². The minimum absolute atomic E-state index is 0.00591. The number of amides is 1. The largest absolute Gasteiger partial charge is 0.356 e. The van der Waals surface area contributed by atoms with Gasteiger partial charge in [0.2, 0.25) is 5.91 Å². The summed E-state index contributed by atoms with van der Waals surface area (Å²) in [6, 6.07) is 0. The molecule has 0 saturated carbocycles. The van der Waals surface area contributed by atoms with Crippen molar-refractivity contribution in [1.82, 2.24) is 10.6 Å². The minimum Gasteiger partial charge on any atom is -0.356 e. The van der Waals surface area contributed by atoms with E-state index in [1.807, 2.05) is 0 Å². The van der Waals surface area contributed by atoms with Crippen LogP contribution in [0.3, 0.4) is 0 Å². The van der Waals surface area contributed by atoms with Crippen LogP contribution in [0.15, 0.2) is 0 Å². The Morgan fingerprint density at radius 1 is 1.00 bits per heavy atom. The van der Waals surface area contributed by atoms with Crippen LogP contribution in [0.1, 0.15) is 54.4 Å². The number of nitrogens with one attached hydrogen (secondary N) is 2. The zero-order chi connectivity index (χ0) is 15.8. The number of rotatable bonds is 8. The Labute approximate surface area is 126 Å². The molecule has 0 saturated heterocycles. The highest BCUT2D eigenvalue weighted by molar-refractivity contribution is 7.85. The predicted octanol–water partition coefficient (Wildman–Crippen LogP) is 2.07. The maximum Gasteiger partial charge on any atom is 0.220 e. The van der Waals surface area contributed by atoms with E-state index in [4.69, 9.17) is 0 Å². The maximum absolute atomic E-state index is 11.8. The van der Waals surface area contributed by atoms with Gasteiger partial charge >= 0.3 is 0 Å². The van der Waals surface area contributed by atoms with Gasteiger partial charge in [-0.1, -0.05) is 20.8 Å². The Kier molecular flexibility index (Phi) is 8.59. The average Bonchev–Trinajstić information content (AvgIpc) is 2.22. The van der Waals surface area contributed by atoms with Crippen LogP contribution in [-0.2, 0) is 15.6 Å². The predicted molar refractivity (Wildman–Crippen MR) is 87.3 cm³/mol. The summed E-state index contributed by atoms with van der Waals surface area (Å²) < 4.78 is 11.8. The molecule has 2 N–H and O–H groups in total. The number of hydrogen-bond donors (Lipinski definition) is 2. The fourth-order valence-electron chi connectivity index (χ4n) is 1.51. The first-order valence-electron chi connectivity index (χ1n) is 7.36. The molecule has 0 spiro atoms. The van der Waals surface area contributed by atoms with Crippen molar-refractivity contribution in [3.05, 3.63) is 0 Å². The first-order valence-corrected chi connectivity index (χ1v) is 8.85. The third-order valence-electron chi connectivity index (χ3n) is 2.74. The number of carbonyl (C=O) groups excluding carboxylic acids is 1. The molecule has 0 aliphatic heterocycles. The van der Waals surface area contributed by atoms with Gasteiger partial charge in [0.05, 0.1) is 0 Å². The van der Waals surface area contributed by atoms with E-state index >= 15 is 0 Å². The zero-order valence-electron chi connectivity index (χ0n) is 14.0. The first kappa shape index (κ1) is 19.6. The van der Waals surface area contributed by atoms with Gasteiger partial charge in [-0.15, -0.1) is 0 Å². The lowest BCUT2D eigenvalue weighted by molar-refractivity contribution is -0.120. The Bertz CT molecular complexity index is 285. The monoisotopic (exact) mass is 304 g/mol. The molecular weight excluding hydrogens is 272 g/mol. The Hall–Kier alpha value is -0.420. The summed E-state index contributed by atoms with van der Waals surface area (Å²) in [5.41, 5.74) is 0.281. The zero-order valence-corrected chi connectivity index (χ0v) is 14.8. The van der Waals surface area contributed by atoms with Crippen LogP contribution in [0.4, 0.5) is 0 Å².